The van der Waals surface area contributed by atoms with Gasteiger partial charge in [-0.05, 0) is 36.1 Å². The SMILES string of the molecule is CC(CC(=O)N(CCN)CCN)C(=O)NC(CCc1ccccc1)C(=O)NCc1ccc(O)cc1. The van der Waals surface area contributed by atoms with Crippen LogP contribution in [0.4, 0.5) is 0 Å². The van der Waals surface area contributed by atoms with E-state index in [0.29, 0.717) is 39.0 Å². The minimum Gasteiger partial charge on any atom is -0.508 e. The summed E-state index contributed by atoms with van der Waals surface area (Å²) in [5, 5.41) is 15.1. The van der Waals surface area contributed by atoms with E-state index in [4.69, 9.17) is 11.5 Å². The molecule has 2 aromatic rings. The maximum absolute atomic E-state index is 13.0. The largest absolute Gasteiger partial charge is 0.508 e. The highest BCUT2D eigenvalue weighted by atomic mass is 16.3. The van der Waals surface area contributed by atoms with Gasteiger partial charge < -0.3 is 32.1 Å². The normalized spacial score (nSPS) is 12.4. The summed E-state index contributed by atoms with van der Waals surface area (Å²) in [7, 11) is 0. The molecule has 2 aromatic carbocycles. The first-order chi connectivity index (χ1) is 16.8. The summed E-state index contributed by atoms with van der Waals surface area (Å²) in [6.45, 7) is 3.31. The van der Waals surface area contributed by atoms with Gasteiger partial charge in [0.05, 0.1) is 0 Å². The molecular formula is C26H37N5O4. The maximum Gasteiger partial charge on any atom is 0.242 e. The van der Waals surface area contributed by atoms with Gasteiger partial charge in [-0.3, -0.25) is 14.4 Å². The fraction of sp³-hybridized carbons (Fsp3) is 0.423. The summed E-state index contributed by atoms with van der Waals surface area (Å²) in [5.74, 6) is -1.34. The van der Waals surface area contributed by atoms with Crippen LogP contribution in [0.5, 0.6) is 5.75 Å². The third-order valence-corrected chi connectivity index (χ3v) is 5.68. The molecule has 2 atom stereocenters. The van der Waals surface area contributed by atoms with Crippen LogP contribution in [0.2, 0.25) is 0 Å². The lowest BCUT2D eigenvalue weighted by Crippen LogP contribution is -2.49. The van der Waals surface area contributed by atoms with Gasteiger partial charge in [0.25, 0.3) is 0 Å². The van der Waals surface area contributed by atoms with Crippen LogP contribution in [0, 0.1) is 5.92 Å². The third kappa shape index (κ3) is 9.76. The minimum atomic E-state index is -0.762. The summed E-state index contributed by atoms with van der Waals surface area (Å²) in [5.41, 5.74) is 13.0. The van der Waals surface area contributed by atoms with Gasteiger partial charge in [0, 0.05) is 45.1 Å². The fourth-order valence-corrected chi connectivity index (χ4v) is 3.62. The summed E-state index contributed by atoms with van der Waals surface area (Å²) >= 11 is 0. The highest BCUT2D eigenvalue weighted by molar-refractivity contribution is 5.90. The van der Waals surface area contributed by atoms with Crippen LogP contribution in [0.3, 0.4) is 0 Å². The Balaban J connectivity index is 2.02. The van der Waals surface area contributed by atoms with Crippen molar-refractivity contribution in [1.29, 1.82) is 0 Å². The van der Waals surface area contributed by atoms with Gasteiger partial charge in [0.15, 0.2) is 0 Å². The quantitative estimate of drug-likeness (QED) is 0.269. The zero-order valence-electron chi connectivity index (χ0n) is 20.3. The molecule has 9 heteroatoms. The van der Waals surface area contributed by atoms with E-state index in [-0.39, 0.29) is 36.4 Å². The van der Waals surface area contributed by atoms with E-state index < -0.39 is 12.0 Å². The van der Waals surface area contributed by atoms with E-state index in [9.17, 15) is 19.5 Å². The molecule has 190 valence electrons. The Labute approximate surface area is 206 Å². The van der Waals surface area contributed by atoms with Crippen LogP contribution >= 0.6 is 0 Å². The monoisotopic (exact) mass is 483 g/mol. The van der Waals surface area contributed by atoms with Crippen molar-refractivity contribution in [1.82, 2.24) is 15.5 Å². The van der Waals surface area contributed by atoms with Crippen molar-refractivity contribution in [3.8, 4) is 5.75 Å². The Morgan fingerprint density at radius 2 is 1.54 bits per heavy atom. The minimum absolute atomic E-state index is 0.00632. The van der Waals surface area contributed by atoms with Gasteiger partial charge in [-0.15, -0.1) is 0 Å². The van der Waals surface area contributed by atoms with Crippen molar-refractivity contribution in [3.05, 3.63) is 65.7 Å². The zero-order chi connectivity index (χ0) is 25.6. The van der Waals surface area contributed by atoms with Gasteiger partial charge >= 0.3 is 0 Å². The number of hydrogen-bond donors (Lipinski definition) is 5. The smallest absolute Gasteiger partial charge is 0.242 e. The van der Waals surface area contributed by atoms with Crippen molar-refractivity contribution in [3.63, 3.8) is 0 Å². The van der Waals surface area contributed by atoms with Crippen molar-refractivity contribution >= 4 is 17.7 Å². The van der Waals surface area contributed by atoms with E-state index in [1.165, 1.54) is 0 Å². The summed E-state index contributed by atoms with van der Waals surface area (Å²) < 4.78 is 0. The Bertz CT molecular complexity index is 931. The third-order valence-electron chi connectivity index (χ3n) is 5.68. The van der Waals surface area contributed by atoms with Crippen LogP contribution in [0.15, 0.2) is 54.6 Å². The van der Waals surface area contributed by atoms with Gasteiger partial charge in [-0.2, -0.15) is 0 Å². The topological polar surface area (TPSA) is 151 Å². The Morgan fingerprint density at radius 3 is 2.14 bits per heavy atom. The molecule has 7 N–H and O–H groups in total. The molecule has 0 aromatic heterocycles. The number of carbonyl (C=O) groups is 3. The molecule has 0 heterocycles. The average Bonchev–Trinajstić information content (AvgIpc) is 2.86. The van der Waals surface area contributed by atoms with E-state index >= 15 is 0 Å². The molecule has 3 amide bonds. The predicted molar refractivity (Wildman–Crippen MR) is 135 cm³/mol. The lowest BCUT2D eigenvalue weighted by Gasteiger charge is -2.24. The van der Waals surface area contributed by atoms with Crippen molar-refractivity contribution in [2.24, 2.45) is 17.4 Å². The van der Waals surface area contributed by atoms with Crippen molar-refractivity contribution in [2.45, 2.75) is 38.8 Å². The Kier molecular flexibility index (Phi) is 11.7. The first-order valence-electron chi connectivity index (χ1n) is 11.9. The van der Waals surface area contributed by atoms with Crippen LogP contribution in [0.1, 0.15) is 30.9 Å². The lowest BCUT2D eigenvalue weighted by molar-refractivity contribution is -0.136. The number of aromatic hydroxyl groups is 1. The molecule has 2 rings (SSSR count). The summed E-state index contributed by atoms with van der Waals surface area (Å²) in [4.78, 5) is 40.0. The standard InChI is InChI=1S/C26H37N5O4/c1-19(17-24(33)31(15-13-27)16-14-28)25(34)30-23(12-9-20-5-3-2-4-6-20)26(35)29-18-21-7-10-22(32)11-8-21/h2-8,10-11,19,23,32H,9,12-18,27-28H2,1H3,(H,29,35)(H,30,34). The van der Waals surface area contributed by atoms with Crippen molar-refractivity contribution in [2.75, 3.05) is 26.2 Å². The number of benzene rings is 2. The highest BCUT2D eigenvalue weighted by Gasteiger charge is 2.26. The number of nitrogens with two attached hydrogens (primary N) is 2. The number of phenolic OH excluding ortho intramolecular Hbond substituents is 1. The number of phenols is 1. The number of carbonyl (C=O) groups excluding carboxylic acids is 3. The fourth-order valence-electron chi connectivity index (χ4n) is 3.62. The number of amides is 3. The number of nitrogens with zero attached hydrogens (tertiary/aromatic N) is 1. The molecule has 0 spiro atoms. The summed E-state index contributed by atoms with van der Waals surface area (Å²) in [6.07, 6.45) is 1.02. The number of nitrogens with one attached hydrogen (secondary N) is 2. The van der Waals surface area contributed by atoms with Gasteiger partial charge in [0.2, 0.25) is 17.7 Å². The van der Waals surface area contributed by atoms with E-state index in [1.54, 1.807) is 36.1 Å². The second-order valence-electron chi connectivity index (χ2n) is 8.53. The number of hydrogen-bond acceptors (Lipinski definition) is 6. The molecular weight excluding hydrogens is 446 g/mol. The van der Waals surface area contributed by atoms with Gasteiger partial charge in [-0.25, -0.2) is 0 Å². The molecule has 0 radical (unpaired) electrons. The molecule has 0 aliphatic carbocycles. The molecule has 0 saturated carbocycles. The molecule has 0 aliphatic heterocycles. The van der Waals surface area contributed by atoms with Crippen molar-refractivity contribution < 1.29 is 19.5 Å². The maximum atomic E-state index is 13.0. The second kappa shape index (κ2) is 14.7. The Morgan fingerprint density at radius 1 is 0.914 bits per heavy atom. The number of rotatable bonds is 14. The highest BCUT2D eigenvalue weighted by Crippen LogP contribution is 2.11. The zero-order valence-corrected chi connectivity index (χ0v) is 20.3. The molecule has 35 heavy (non-hydrogen) atoms. The summed E-state index contributed by atoms with van der Waals surface area (Å²) in [6, 6.07) is 15.5. The van der Waals surface area contributed by atoms with Crippen LogP contribution in [-0.4, -0.2) is 59.9 Å². The predicted octanol–water partition coefficient (Wildman–Crippen LogP) is 0.898. The number of aryl methyl sites for hydroxylation is 1. The van der Waals surface area contributed by atoms with E-state index in [2.05, 4.69) is 10.6 Å². The Hall–Kier alpha value is -3.43. The molecule has 0 bridgehead atoms. The van der Waals surface area contributed by atoms with E-state index in [0.717, 1.165) is 11.1 Å². The molecule has 2 unspecified atom stereocenters. The van der Waals surface area contributed by atoms with E-state index in [1.807, 2.05) is 30.3 Å². The molecule has 0 aliphatic rings. The second-order valence-corrected chi connectivity index (χ2v) is 8.53. The van der Waals surface area contributed by atoms with Gasteiger partial charge in [-0.1, -0.05) is 49.4 Å². The van der Waals surface area contributed by atoms with Gasteiger partial charge in [0.1, 0.15) is 11.8 Å². The average molecular weight is 484 g/mol. The molecule has 9 nitrogen and oxygen atoms in total. The first-order valence-corrected chi connectivity index (χ1v) is 11.9. The molecule has 0 saturated heterocycles. The lowest BCUT2D eigenvalue weighted by atomic mass is 10.0. The van der Waals surface area contributed by atoms with Crippen LogP contribution < -0.4 is 22.1 Å². The first kappa shape index (κ1) is 27.8. The van der Waals surface area contributed by atoms with Crippen LogP contribution in [0.25, 0.3) is 0 Å². The van der Waals surface area contributed by atoms with Crippen LogP contribution in [-0.2, 0) is 27.3 Å². The molecule has 0 fully saturated rings.